The van der Waals surface area contributed by atoms with Crippen LogP contribution in [0.1, 0.15) is 68.8 Å². The van der Waals surface area contributed by atoms with Crippen molar-refractivity contribution in [2.45, 2.75) is 68.5 Å². The second kappa shape index (κ2) is 13.9. The SMILES string of the molecule is COCC(C#N)N(CCO)C1CC(O[C@H]2C[C@](O)(C(=O)CO)Cc3c(O)c4c(c(O)c32)C(=O)c2c(OC)cccc2C4=O)OC(C)C1O. The van der Waals surface area contributed by atoms with Gasteiger partial charge in [0.25, 0.3) is 0 Å². The molecule has 1 aliphatic heterocycles. The Balaban J connectivity index is 1.61. The van der Waals surface area contributed by atoms with Crippen LogP contribution in [0.5, 0.6) is 17.2 Å². The molecule has 0 saturated carbocycles. The summed E-state index contributed by atoms with van der Waals surface area (Å²) in [6.45, 7) is 0.0823. The van der Waals surface area contributed by atoms with Gasteiger partial charge in [-0.05, 0) is 13.0 Å². The second-order valence-electron chi connectivity index (χ2n) is 12.1. The van der Waals surface area contributed by atoms with Crippen LogP contribution in [0.15, 0.2) is 18.2 Å². The number of aliphatic hydroxyl groups excluding tert-OH is 3. The summed E-state index contributed by atoms with van der Waals surface area (Å²) >= 11 is 0. The number of phenolic OH excluding ortho intramolecular Hbond substituents is 2. The summed E-state index contributed by atoms with van der Waals surface area (Å²) in [4.78, 5) is 42.0. The van der Waals surface area contributed by atoms with Gasteiger partial charge in [0, 0.05) is 55.6 Å². The number of aromatic hydroxyl groups is 2. The molecule has 0 radical (unpaired) electrons. The fourth-order valence-electron chi connectivity index (χ4n) is 7.05. The van der Waals surface area contributed by atoms with Gasteiger partial charge in [0.2, 0.25) is 5.78 Å². The Morgan fingerprint density at radius 1 is 1.15 bits per heavy atom. The molecule has 2 aliphatic carbocycles. The van der Waals surface area contributed by atoms with Crippen molar-refractivity contribution in [3.8, 4) is 23.3 Å². The number of Topliss-reactive ketones (excluding diaryl/α,β-unsaturated/α-hetero) is 1. The fourth-order valence-corrected chi connectivity index (χ4v) is 7.05. The van der Waals surface area contributed by atoms with Crippen LogP contribution in [0.2, 0.25) is 0 Å². The molecule has 0 bridgehead atoms. The predicted molar refractivity (Wildman–Crippen MR) is 163 cm³/mol. The van der Waals surface area contributed by atoms with Crippen molar-refractivity contribution in [2.24, 2.45) is 0 Å². The molecule has 0 spiro atoms. The average Bonchev–Trinajstić information content (AvgIpc) is 3.07. The van der Waals surface area contributed by atoms with Crippen LogP contribution in [-0.2, 0) is 25.4 Å². The minimum atomic E-state index is -2.33. The van der Waals surface area contributed by atoms with Crippen LogP contribution < -0.4 is 4.74 Å². The van der Waals surface area contributed by atoms with E-state index in [1.807, 2.05) is 0 Å². The normalized spacial score (nSPS) is 27.1. The van der Waals surface area contributed by atoms with E-state index >= 15 is 0 Å². The van der Waals surface area contributed by atoms with Crippen molar-refractivity contribution in [1.82, 2.24) is 4.90 Å². The fraction of sp³-hybridized carbons (Fsp3) is 0.515. The van der Waals surface area contributed by atoms with Crippen LogP contribution in [0.25, 0.3) is 0 Å². The van der Waals surface area contributed by atoms with Crippen molar-refractivity contribution < 1.29 is 64.0 Å². The minimum absolute atomic E-state index is 0.0123. The largest absolute Gasteiger partial charge is 0.507 e. The first kappa shape index (κ1) is 35.3. The van der Waals surface area contributed by atoms with Crippen molar-refractivity contribution in [1.29, 1.82) is 5.26 Å². The van der Waals surface area contributed by atoms with Crippen molar-refractivity contribution in [2.75, 3.05) is 40.6 Å². The first-order valence-corrected chi connectivity index (χ1v) is 15.3. The molecular weight excluding hydrogens is 632 g/mol. The molecule has 48 heavy (non-hydrogen) atoms. The summed E-state index contributed by atoms with van der Waals surface area (Å²) < 4.78 is 22.7. The van der Waals surface area contributed by atoms with Gasteiger partial charge in [-0.3, -0.25) is 19.3 Å². The molecule has 2 aromatic carbocycles. The van der Waals surface area contributed by atoms with E-state index in [2.05, 4.69) is 6.07 Å². The first-order valence-electron chi connectivity index (χ1n) is 15.3. The Morgan fingerprint density at radius 2 is 1.85 bits per heavy atom. The quantitative estimate of drug-likeness (QED) is 0.146. The third-order valence-corrected chi connectivity index (χ3v) is 9.39. The number of phenols is 2. The summed E-state index contributed by atoms with van der Waals surface area (Å²) in [5, 5.41) is 75.1. The van der Waals surface area contributed by atoms with Crippen LogP contribution in [0, 0.1) is 11.3 Å². The van der Waals surface area contributed by atoms with Gasteiger partial charge in [-0.2, -0.15) is 5.26 Å². The van der Waals surface area contributed by atoms with E-state index < -0.39 is 102 Å². The molecule has 3 aliphatic rings. The number of methoxy groups -OCH3 is 2. The number of nitriles is 1. The smallest absolute Gasteiger partial charge is 0.202 e. The van der Waals surface area contributed by atoms with Crippen molar-refractivity contribution in [3.05, 3.63) is 51.6 Å². The van der Waals surface area contributed by atoms with Gasteiger partial charge in [0.05, 0.1) is 61.4 Å². The monoisotopic (exact) mass is 670 g/mol. The minimum Gasteiger partial charge on any atom is -0.507 e. The summed E-state index contributed by atoms with van der Waals surface area (Å²) in [5.74, 6) is -4.04. The highest BCUT2D eigenvalue weighted by atomic mass is 16.7. The van der Waals surface area contributed by atoms with Gasteiger partial charge in [0.1, 0.15) is 35.5 Å². The topological polar surface area (TPSA) is 237 Å². The van der Waals surface area contributed by atoms with Gasteiger partial charge in [0.15, 0.2) is 17.9 Å². The summed E-state index contributed by atoms with van der Waals surface area (Å²) in [7, 11) is 2.71. The third-order valence-electron chi connectivity index (χ3n) is 9.39. The molecule has 1 saturated heterocycles. The number of aliphatic hydroxyl groups is 4. The van der Waals surface area contributed by atoms with E-state index in [0.717, 1.165) is 0 Å². The number of carbonyl (C=O) groups excluding carboxylic acids is 3. The number of fused-ring (bicyclic) bond motifs is 3. The van der Waals surface area contributed by atoms with E-state index in [4.69, 9.17) is 18.9 Å². The van der Waals surface area contributed by atoms with Crippen molar-refractivity contribution in [3.63, 3.8) is 0 Å². The Bertz CT molecular complexity index is 1650. The third kappa shape index (κ3) is 5.84. The zero-order valence-electron chi connectivity index (χ0n) is 26.6. The van der Waals surface area contributed by atoms with Gasteiger partial charge in [-0.25, -0.2) is 0 Å². The van der Waals surface area contributed by atoms with E-state index in [0.29, 0.717) is 0 Å². The number of ketones is 3. The molecule has 1 fully saturated rings. The summed E-state index contributed by atoms with van der Waals surface area (Å²) in [6.07, 6.45) is -6.03. The Kier molecular flexibility index (Phi) is 10.2. The Morgan fingerprint density at radius 3 is 2.48 bits per heavy atom. The number of ether oxygens (including phenoxy) is 4. The Labute approximate surface area is 275 Å². The molecule has 1 heterocycles. The maximum Gasteiger partial charge on any atom is 0.202 e. The maximum absolute atomic E-state index is 13.9. The zero-order valence-corrected chi connectivity index (χ0v) is 26.6. The molecule has 6 N–H and O–H groups in total. The van der Waals surface area contributed by atoms with Gasteiger partial charge >= 0.3 is 0 Å². The molecule has 15 heteroatoms. The van der Waals surface area contributed by atoms with E-state index in [-0.39, 0.29) is 54.2 Å². The number of rotatable bonds is 11. The average molecular weight is 671 g/mol. The van der Waals surface area contributed by atoms with Gasteiger partial charge in [-0.1, -0.05) is 12.1 Å². The first-order chi connectivity index (χ1) is 22.9. The highest BCUT2D eigenvalue weighted by Gasteiger charge is 2.51. The lowest BCUT2D eigenvalue weighted by Gasteiger charge is -2.46. The van der Waals surface area contributed by atoms with Gasteiger partial charge in [-0.15, -0.1) is 0 Å². The molecular formula is C33H38N2O13. The zero-order chi connectivity index (χ0) is 35.1. The summed E-state index contributed by atoms with van der Waals surface area (Å²) in [5.41, 5.74) is -4.01. The number of hydrogen-bond donors (Lipinski definition) is 6. The number of benzene rings is 2. The molecule has 2 aromatic rings. The maximum atomic E-state index is 13.9. The van der Waals surface area contributed by atoms with E-state index in [9.17, 15) is 50.3 Å². The Hall–Kier alpha value is -3.98. The molecule has 258 valence electrons. The summed E-state index contributed by atoms with van der Waals surface area (Å²) in [6, 6.07) is 4.72. The molecule has 0 aromatic heterocycles. The van der Waals surface area contributed by atoms with Crippen LogP contribution in [-0.4, -0.2) is 130 Å². The predicted octanol–water partition coefficient (Wildman–Crippen LogP) is -0.125. The lowest BCUT2D eigenvalue weighted by molar-refractivity contribution is -0.260. The molecule has 5 unspecified atom stereocenters. The van der Waals surface area contributed by atoms with Crippen LogP contribution >= 0.6 is 0 Å². The number of nitrogens with zero attached hydrogens (tertiary/aromatic N) is 2. The van der Waals surface area contributed by atoms with E-state index in [1.165, 1.54) is 32.4 Å². The van der Waals surface area contributed by atoms with E-state index in [1.54, 1.807) is 11.8 Å². The second-order valence-corrected chi connectivity index (χ2v) is 12.1. The molecule has 0 amide bonds. The molecule has 7 atom stereocenters. The van der Waals surface area contributed by atoms with Gasteiger partial charge < -0.3 is 49.6 Å². The highest BCUT2D eigenvalue weighted by molar-refractivity contribution is 6.31. The standard InChI is InChI=1S/C33H38N2O13/c1-15-28(39)19(35(7-8-36)16(12-34)14-45-2)9-23(47-15)48-21-11-33(44,22(38)13-37)10-18-25(21)32(43)27-26(30(18)41)29(40)17-5-4-6-20(46-3)24(17)31(27)42/h4-6,15-16,19,21,23,28,36-37,39,41,43-44H,7-11,13-14H2,1-3H3/t15?,16?,19?,21-,23?,28?,33-/m0/s1. The molecule has 15 nitrogen and oxygen atoms in total. The number of carbonyl (C=O) groups is 3. The van der Waals surface area contributed by atoms with Crippen LogP contribution in [0.4, 0.5) is 0 Å². The lowest BCUT2D eigenvalue weighted by atomic mass is 9.72. The van der Waals surface area contributed by atoms with Crippen molar-refractivity contribution >= 4 is 17.3 Å². The molecule has 5 rings (SSSR count). The lowest BCUT2D eigenvalue weighted by Crippen LogP contribution is -2.59. The number of hydrogen-bond acceptors (Lipinski definition) is 15. The van der Waals surface area contributed by atoms with Crippen LogP contribution in [0.3, 0.4) is 0 Å². The highest BCUT2D eigenvalue weighted by Crippen LogP contribution is 2.52.